The molecule has 5 atom stereocenters. The van der Waals surface area contributed by atoms with Crippen molar-refractivity contribution in [3.8, 4) is 0 Å². The van der Waals surface area contributed by atoms with E-state index in [9.17, 15) is 15.3 Å². The Kier molecular flexibility index (Phi) is 8.81. The predicted molar refractivity (Wildman–Crippen MR) is 79.2 cm³/mol. The molecule has 0 amide bonds. The van der Waals surface area contributed by atoms with Crippen LogP contribution in [0.2, 0.25) is 0 Å². The van der Waals surface area contributed by atoms with Crippen LogP contribution >= 0.6 is 0 Å². The summed E-state index contributed by atoms with van der Waals surface area (Å²) in [6.07, 6.45) is -3.96. The van der Waals surface area contributed by atoms with Crippen molar-refractivity contribution >= 4 is 0 Å². The molecule has 0 aliphatic carbocycles. The third-order valence-electron chi connectivity index (χ3n) is 3.50. The fourth-order valence-corrected chi connectivity index (χ4v) is 2.29. The molecule has 0 aromatic carbocycles. The molecule has 0 heterocycles. The molecule has 0 aliphatic heterocycles. The summed E-state index contributed by atoms with van der Waals surface area (Å²) in [7, 11) is 0. The molecule has 6 nitrogen and oxygen atoms in total. The number of aliphatic hydroxyl groups excluding tert-OH is 4. The zero-order valence-corrected chi connectivity index (χ0v) is 13.1. The molecule has 0 saturated carbocycles. The second kappa shape index (κ2) is 8.92. The molecule has 0 fully saturated rings. The second-order valence-corrected chi connectivity index (χ2v) is 6.63. The first-order valence-corrected chi connectivity index (χ1v) is 7.23. The third-order valence-corrected chi connectivity index (χ3v) is 3.50. The molecule has 1 unspecified atom stereocenters. The van der Waals surface area contributed by atoms with E-state index in [0.29, 0.717) is 19.0 Å². The van der Waals surface area contributed by atoms with Crippen LogP contribution in [0.4, 0.5) is 0 Å². The molecule has 0 rings (SSSR count). The first kappa shape index (κ1) is 19.8. The molecule has 7 N–H and O–H groups in total. The largest absolute Gasteiger partial charge is 0.391 e. The van der Waals surface area contributed by atoms with Crippen molar-refractivity contribution in [2.75, 3.05) is 19.6 Å². The standard InChI is InChI=1S/C14H32N2O4/c1-9(6-15)5-14(3,4)8-16-7-11(18)13(20)12(19)10(2)17/h9-13,16-20H,5-8,15H2,1-4H3/t9?,10-,11-,12-,13-/m0/s1. The van der Waals surface area contributed by atoms with E-state index in [2.05, 4.69) is 26.1 Å². The molecule has 0 aliphatic rings. The summed E-state index contributed by atoms with van der Waals surface area (Å²) in [5.74, 6) is 0.430. The Labute approximate surface area is 122 Å². The first-order chi connectivity index (χ1) is 9.10. The van der Waals surface area contributed by atoms with Crippen molar-refractivity contribution in [3.63, 3.8) is 0 Å². The summed E-state index contributed by atoms with van der Waals surface area (Å²) in [6, 6.07) is 0. The van der Waals surface area contributed by atoms with E-state index in [1.807, 2.05) is 0 Å². The number of hydrogen-bond donors (Lipinski definition) is 6. The Hall–Kier alpha value is -0.240. The first-order valence-electron chi connectivity index (χ1n) is 7.23. The molecular weight excluding hydrogens is 260 g/mol. The summed E-state index contributed by atoms with van der Waals surface area (Å²) in [5, 5.41) is 41.1. The topological polar surface area (TPSA) is 119 Å². The molecule has 0 radical (unpaired) electrons. The number of nitrogens with two attached hydrogens (primary N) is 1. The monoisotopic (exact) mass is 292 g/mol. The van der Waals surface area contributed by atoms with Crippen molar-refractivity contribution in [1.82, 2.24) is 5.32 Å². The van der Waals surface area contributed by atoms with Gasteiger partial charge in [0, 0.05) is 13.1 Å². The summed E-state index contributed by atoms with van der Waals surface area (Å²) >= 11 is 0. The van der Waals surface area contributed by atoms with Crippen LogP contribution in [0.15, 0.2) is 0 Å². The second-order valence-electron chi connectivity index (χ2n) is 6.63. The highest BCUT2D eigenvalue weighted by Crippen LogP contribution is 2.23. The highest BCUT2D eigenvalue weighted by Gasteiger charge is 2.28. The van der Waals surface area contributed by atoms with Gasteiger partial charge in [-0.05, 0) is 31.2 Å². The van der Waals surface area contributed by atoms with Crippen LogP contribution in [-0.4, -0.2) is 64.5 Å². The van der Waals surface area contributed by atoms with Gasteiger partial charge in [0.2, 0.25) is 0 Å². The Morgan fingerprint density at radius 2 is 1.60 bits per heavy atom. The van der Waals surface area contributed by atoms with E-state index < -0.39 is 24.4 Å². The summed E-state index contributed by atoms with van der Waals surface area (Å²) in [6.45, 7) is 9.16. The van der Waals surface area contributed by atoms with Gasteiger partial charge < -0.3 is 31.5 Å². The van der Waals surface area contributed by atoms with Gasteiger partial charge >= 0.3 is 0 Å². The summed E-state index contributed by atoms with van der Waals surface area (Å²) in [4.78, 5) is 0. The number of hydrogen-bond acceptors (Lipinski definition) is 6. The van der Waals surface area contributed by atoms with Crippen LogP contribution in [0.3, 0.4) is 0 Å². The minimum Gasteiger partial charge on any atom is -0.391 e. The average molecular weight is 292 g/mol. The van der Waals surface area contributed by atoms with Crippen LogP contribution in [0.1, 0.15) is 34.1 Å². The van der Waals surface area contributed by atoms with E-state index >= 15 is 0 Å². The van der Waals surface area contributed by atoms with Crippen molar-refractivity contribution in [2.45, 2.75) is 58.5 Å². The van der Waals surface area contributed by atoms with Gasteiger partial charge in [0.05, 0.1) is 12.2 Å². The summed E-state index contributed by atoms with van der Waals surface area (Å²) < 4.78 is 0. The van der Waals surface area contributed by atoms with E-state index in [1.165, 1.54) is 6.92 Å². The van der Waals surface area contributed by atoms with Crippen LogP contribution < -0.4 is 11.1 Å². The van der Waals surface area contributed by atoms with Gasteiger partial charge in [-0.2, -0.15) is 0 Å². The molecule has 0 bridgehead atoms. The van der Waals surface area contributed by atoms with Gasteiger partial charge in [-0.15, -0.1) is 0 Å². The fraction of sp³-hybridized carbons (Fsp3) is 1.00. The van der Waals surface area contributed by atoms with Crippen LogP contribution in [0.5, 0.6) is 0 Å². The molecule has 6 heteroatoms. The van der Waals surface area contributed by atoms with Crippen molar-refractivity contribution < 1.29 is 20.4 Å². The lowest BCUT2D eigenvalue weighted by atomic mass is 9.83. The van der Waals surface area contributed by atoms with Crippen molar-refractivity contribution in [2.24, 2.45) is 17.1 Å². The number of nitrogens with one attached hydrogen (secondary N) is 1. The molecule has 0 aromatic heterocycles. The van der Waals surface area contributed by atoms with Gasteiger partial charge in [-0.25, -0.2) is 0 Å². The highest BCUT2D eigenvalue weighted by molar-refractivity contribution is 4.81. The van der Waals surface area contributed by atoms with Crippen LogP contribution in [0, 0.1) is 11.3 Å². The Morgan fingerprint density at radius 3 is 2.05 bits per heavy atom. The summed E-state index contributed by atoms with van der Waals surface area (Å²) in [5.41, 5.74) is 5.65. The van der Waals surface area contributed by atoms with Gasteiger partial charge in [-0.3, -0.25) is 0 Å². The van der Waals surface area contributed by atoms with E-state index in [-0.39, 0.29) is 12.0 Å². The van der Waals surface area contributed by atoms with Crippen LogP contribution in [0.25, 0.3) is 0 Å². The molecule has 0 spiro atoms. The SMILES string of the molecule is CC(CN)CC(C)(C)CNC[C@H](O)[C@H](O)[C@@H](O)[C@H](C)O. The lowest BCUT2D eigenvalue weighted by molar-refractivity contribution is -0.0989. The molecule has 0 saturated heterocycles. The molecule has 0 aromatic rings. The zero-order valence-electron chi connectivity index (χ0n) is 13.1. The van der Waals surface area contributed by atoms with Crippen molar-refractivity contribution in [1.29, 1.82) is 0 Å². The van der Waals surface area contributed by atoms with Gasteiger partial charge in [0.15, 0.2) is 0 Å². The molecule has 122 valence electrons. The van der Waals surface area contributed by atoms with Crippen molar-refractivity contribution in [3.05, 3.63) is 0 Å². The fourth-order valence-electron chi connectivity index (χ4n) is 2.29. The van der Waals surface area contributed by atoms with Gasteiger partial charge in [-0.1, -0.05) is 20.8 Å². The molecular formula is C14H32N2O4. The maximum Gasteiger partial charge on any atom is 0.109 e. The number of rotatable bonds is 10. The minimum absolute atomic E-state index is 0.0341. The number of aliphatic hydroxyl groups is 4. The lowest BCUT2D eigenvalue weighted by Crippen LogP contribution is -2.48. The molecule has 20 heavy (non-hydrogen) atoms. The maximum absolute atomic E-state index is 9.76. The Balaban J connectivity index is 4.10. The normalized spacial score (nSPS) is 20.2. The van der Waals surface area contributed by atoms with E-state index in [4.69, 9.17) is 10.8 Å². The third kappa shape index (κ3) is 7.52. The van der Waals surface area contributed by atoms with E-state index in [1.54, 1.807) is 0 Å². The van der Waals surface area contributed by atoms with Crippen LogP contribution in [-0.2, 0) is 0 Å². The van der Waals surface area contributed by atoms with E-state index in [0.717, 1.165) is 6.42 Å². The predicted octanol–water partition coefficient (Wildman–Crippen LogP) is -0.949. The Bertz CT molecular complexity index is 262. The zero-order chi connectivity index (χ0) is 15.9. The highest BCUT2D eigenvalue weighted by atomic mass is 16.4. The van der Waals surface area contributed by atoms with Gasteiger partial charge in [0.25, 0.3) is 0 Å². The average Bonchev–Trinajstić information content (AvgIpc) is 2.35. The lowest BCUT2D eigenvalue weighted by Gasteiger charge is -2.30. The maximum atomic E-state index is 9.76. The minimum atomic E-state index is -1.37. The smallest absolute Gasteiger partial charge is 0.109 e. The quantitative estimate of drug-likeness (QED) is 0.309. The Morgan fingerprint density at radius 1 is 1.05 bits per heavy atom. The van der Waals surface area contributed by atoms with Gasteiger partial charge in [0.1, 0.15) is 12.2 Å².